The lowest BCUT2D eigenvalue weighted by Crippen LogP contribution is -2.60. The minimum Gasteiger partial charge on any atom is -0.459 e. The molecule has 6 N–H and O–H groups in total. The molecule has 3 aliphatic heterocycles. The lowest BCUT2D eigenvalue weighted by Gasteiger charge is -2.48. The molecule has 0 bridgehead atoms. The van der Waals surface area contributed by atoms with E-state index in [-0.39, 0.29) is 43.1 Å². The van der Waals surface area contributed by atoms with Gasteiger partial charge in [0.25, 0.3) is 0 Å². The van der Waals surface area contributed by atoms with Crippen molar-refractivity contribution in [3.05, 3.63) is 71.8 Å². The summed E-state index contributed by atoms with van der Waals surface area (Å²) < 4.78 is 54.1. The summed E-state index contributed by atoms with van der Waals surface area (Å²) in [7, 11) is 5.27. The van der Waals surface area contributed by atoms with Crippen LogP contribution >= 0.6 is 0 Å². The number of carbonyl (C=O) groups excluding carboxylic acids is 1. The number of aromatic nitrogens is 4. The first-order valence-electron chi connectivity index (χ1n) is 26.8. The van der Waals surface area contributed by atoms with E-state index in [9.17, 15) is 34.7 Å². The minimum atomic E-state index is -1.93. The van der Waals surface area contributed by atoms with Gasteiger partial charge in [-0.05, 0) is 123 Å². The third kappa shape index (κ3) is 13.1. The molecule has 75 heavy (non-hydrogen) atoms. The first-order chi connectivity index (χ1) is 35.3. The molecule has 0 radical (unpaired) electrons. The maximum Gasteiger partial charge on any atom is 0.311 e. The van der Waals surface area contributed by atoms with Gasteiger partial charge in [-0.1, -0.05) is 50.3 Å². The van der Waals surface area contributed by atoms with Crippen LogP contribution < -0.4 is 0 Å². The number of hydrogen-bond donors (Lipinski definition) is 6. The molecule has 0 spiro atoms. The van der Waals surface area contributed by atoms with Crippen LogP contribution in [0.15, 0.2) is 54.9 Å². The Kier molecular flexibility index (Phi) is 18.8. The van der Waals surface area contributed by atoms with Gasteiger partial charge < -0.3 is 63.8 Å². The zero-order chi connectivity index (χ0) is 54.9. The van der Waals surface area contributed by atoms with E-state index in [0.717, 1.165) is 27.6 Å². The molecule has 4 aromatic rings. The first-order valence-corrected chi connectivity index (χ1v) is 26.8. The van der Waals surface area contributed by atoms with E-state index >= 15 is 0 Å². The number of aryl methyl sites for hydroxylation is 2. The van der Waals surface area contributed by atoms with Crippen LogP contribution in [0.1, 0.15) is 106 Å². The second-order valence-electron chi connectivity index (χ2n) is 23.0. The number of nitrogens with one attached hydrogen (secondary N) is 1. The average Bonchev–Trinajstić information content (AvgIpc) is 4.01. The van der Waals surface area contributed by atoms with Gasteiger partial charge in [0.05, 0.1) is 47.7 Å². The fraction of sp³-hybridized carbons (Fsp3) is 0.696. The number of esters is 1. The molecule has 19 heteroatoms. The van der Waals surface area contributed by atoms with E-state index in [0.29, 0.717) is 38.2 Å². The number of nitrogens with zero attached hydrogens (tertiary/aromatic N) is 5. The zero-order valence-electron chi connectivity index (χ0n) is 46.2. The van der Waals surface area contributed by atoms with Gasteiger partial charge in [0.1, 0.15) is 41.5 Å². The predicted octanol–water partition coefficient (Wildman–Crippen LogP) is 5.59. The quantitative estimate of drug-likeness (QED) is 0.0898. The smallest absolute Gasteiger partial charge is 0.311 e. The van der Waals surface area contributed by atoms with Crippen molar-refractivity contribution in [3.63, 3.8) is 0 Å². The van der Waals surface area contributed by atoms with Crippen LogP contribution in [0.5, 0.6) is 0 Å². The van der Waals surface area contributed by atoms with Crippen molar-refractivity contribution in [1.29, 1.82) is 0 Å². The van der Waals surface area contributed by atoms with Gasteiger partial charge in [0, 0.05) is 73.8 Å². The van der Waals surface area contributed by atoms with Gasteiger partial charge in [-0.25, -0.2) is 4.39 Å². The number of rotatable bonds is 13. The van der Waals surface area contributed by atoms with Gasteiger partial charge in [0.15, 0.2) is 12.6 Å². The molecule has 3 aliphatic rings. The van der Waals surface area contributed by atoms with Crippen molar-refractivity contribution in [1.82, 2.24) is 29.8 Å². The summed E-state index contributed by atoms with van der Waals surface area (Å²) in [5.41, 5.74) is -0.399. The van der Waals surface area contributed by atoms with Gasteiger partial charge >= 0.3 is 5.97 Å². The van der Waals surface area contributed by atoms with E-state index in [1.54, 1.807) is 45.4 Å². The van der Waals surface area contributed by atoms with Crippen LogP contribution in [0.25, 0.3) is 22.2 Å². The van der Waals surface area contributed by atoms with Crippen molar-refractivity contribution in [2.45, 2.75) is 205 Å². The number of likely N-dealkylation sites (N-methyl/N-ethyl adjacent to an activating group) is 1. The normalized spacial score (nSPS) is 38.1. The highest BCUT2D eigenvalue weighted by molar-refractivity contribution is 5.83. The topological polar surface area (TPSA) is 227 Å². The van der Waals surface area contributed by atoms with E-state index < -0.39 is 96.0 Å². The van der Waals surface area contributed by atoms with Gasteiger partial charge in [-0.3, -0.25) is 14.4 Å². The molecule has 0 amide bonds. The number of methoxy groups -OCH3 is 1. The lowest BCUT2D eigenvalue weighted by atomic mass is 9.77. The third-order valence-corrected chi connectivity index (χ3v) is 16.5. The first kappa shape index (κ1) is 58.7. The highest BCUT2D eigenvalue weighted by Crippen LogP contribution is 2.41. The zero-order valence-corrected chi connectivity index (χ0v) is 46.2. The molecule has 18 nitrogen and oxygen atoms in total. The maximum absolute atomic E-state index is 14.7. The van der Waals surface area contributed by atoms with Crippen LogP contribution in [-0.2, 0) is 52.7 Å². The Morgan fingerprint density at radius 3 is 2.32 bits per heavy atom. The fourth-order valence-corrected chi connectivity index (χ4v) is 12.0. The van der Waals surface area contributed by atoms with E-state index in [4.69, 9.17) is 28.4 Å². The van der Waals surface area contributed by atoms with Crippen LogP contribution in [0.2, 0.25) is 0 Å². The standard InChI is InChI=1S/C56H85FN6O12/c1-14-45-56(10,69)49(65)35(6)62(29-37-15-17-38(18-16-37)43-30-63(60-59-43)22-21-39-27-58-42-20-19-40(57)24-41(39)42)28-31(2)25-54(8,68)51(75-53-47(64)44(61(11)12)23-32(3)71-53)33(4)48(34(5)52(67)73-45)74-46-26-55(9,70-13)50(66)36(7)72-46/h15-20,24,27,30-36,44-51,53,58,64-66,68-69H,14,21-23,25-26,28-29H2,1-13H3/t31-,32-,33+,34-,35-,36+,44+,45-,46+,47-,48+,49-,50+,51-,53+,54-,55-,56-/m1/s1. The van der Waals surface area contributed by atoms with E-state index in [2.05, 4.69) is 20.2 Å². The Labute approximate surface area is 441 Å². The number of carbonyl (C=O) groups is 1. The minimum absolute atomic E-state index is 0.0972. The SMILES string of the molecule is CC[C@H]1OC(=O)[C@H](C)[C@@H](O[C@H]2C[C@@](C)(OC)[C@@H](O)[C@H](C)O2)[C@H](C)[C@@H](O[C@@H]2O[C@H](C)C[C@H](N(C)C)[C@H]2O)[C@](C)(O)C[C@@H](C)CN(Cc2ccc(-c3cn(CCc4c[nH]c5ccc(F)cc45)nn3)cc2)[C@H](C)[C@@H](O)[C@]1(C)O. The number of benzene rings is 2. The number of aromatic amines is 1. The molecule has 418 valence electrons. The second-order valence-corrected chi connectivity index (χ2v) is 23.0. The summed E-state index contributed by atoms with van der Waals surface area (Å²) in [6, 6.07) is 11.5. The van der Waals surface area contributed by atoms with E-state index in [1.807, 2.05) is 83.3 Å². The van der Waals surface area contributed by atoms with Gasteiger partial charge in [0.2, 0.25) is 0 Å². The fourth-order valence-electron chi connectivity index (χ4n) is 12.0. The number of ether oxygens (including phenoxy) is 6. The van der Waals surface area contributed by atoms with Crippen molar-refractivity contribution >= 4 is 16.9 Å². The summed E-state index contributed by atoms with van der Waals surface area (Å²) in [5, 5.41) is 70.3. The molecule has 3 saturated heterocycles. The monoisotopic (exact) mass is 1050 g/mol. The van der Waals surface area contributed by atoms with Crippen molar-refractivity contribution in [3.8, 4) is 11.3 Å². The molecule has 5 heterocycles. The van der Waals surface area contributed by atoms with Crippen LogP contribution in [0, 0.1) is 23.6 Å². The van der Waals surface area contributed by atoms with Crippen molar-refractivity contribution in [2.75, 3.05) is 27.7 Å². The van der Waals surface area contributed by atoms with Crippen molar-refractivity contribution < 1.29 is 63.1 Å². The molecule has 2 aromatic carbocycles. The Morgan fingerprint density at radius 1 is 0.947 bits per heavy atom. The molecule has 0 unspecified atom stereocenters. The number of hydrogen-bond acceptors (Lipinski definition) is 16. The summed E-state index contributed by atoms with van der Waals surface area (Å²) in [6.07, 6.45) is -4.72. The largest absolute Gasteiger partial charge is 0.459 e. The number of fused-ring (bicyclic) bond motifs is 1. The van der Waals surface area contributed by atoms with Gasteiger partial charge in [-0.15, -0.1) is 5.10 Å². The highest BCUT2D eigenvalue weighted by atomic mass is 19.1. The molecule has 2 aromatic heterocycles. The maximum atomic E-state index is 14.7. The highest BCUT2D eigenvalue weighted by Gasteiger charge is 2.53. The second kappa shape index (κ2) is 24.0. The lowest BCUT2D eigenvalue weighted by molar-refractivity contribution is -0.318. The average molecular weight is 1050 g/mol. The summed E-state index contributed by atoms with van der Waals surface area (Å²) in [4.78, 5) is 21.9. The van der Waals surface area contributed by atoms with Crippen molar-refractivity contribution in [2.24, 2.45) is 17.8 Å². The predicted molar refractivity (Wildman–Crippen MR) is 279 cm³/mol. The molecule has 7 rings (SSSR count). The Hall–Kier alpha value is -3.96. The van der Waals surface area contributed by atoms with Crippen LogP contribution in [0.3, 0.4) is 0 Å². The summed E-state index contributed by atoms with van der Waals surface area (Å²) >= 11 is 0. The third-order valence-electron chi connectivity index (χ3n) is 16.5. The number of cyclic esters (lactones) is 1. The Morgan fingerprint density at radius 2 is 1.65 bits per heavy atom. The van der Waals surface area contributed by atoms with E-state index in [1.165, 1.54) is 26.2 Å². The Balaban J connectivity index is 1.19. The number of halogens is 1. The number of aliphatic hydroxyl groups excluding tert-OH is 3. The number of aliphatic hydroxyl groups is 5. The summed E-state index contributed by atoms with van der Waals surface area (Å²) in [5.74, 6) is -3.19. The number of H-pyrrole nitrogens is 1. The molecule has 0 aliphatic carbocycles. The van der Waals surface area contributed by atoms with Gasteiger partial charge in [-0.2, -0.15) is 0 Å². The van der Waals surface area contributed by atoms with Crippen LogP contribution in [-0.4, -0.2) is 179 Å². The molecule has 18 atom stereocenters. The van der Waals surface area contributed by atoms with Crippen LogP contribution in [0.4, 0.5) is 4.39 Å². The molecular weight excluding hydrogens is 968 g/mol. The molecule has 3 fully saturated rings. The molecule has 0 saturated carbocycles. The Bertz CT molecular complexity index is 2490. The summed E-state index contributed by atoms with van der Waals surface area (Å²) in [6.45, 7) is 18.8. The molecular formula is C56H85FN6O12.